The maximum atomic E-state index is 15.8. The highest BCUT2D eigenvalue weighted by Crippen LogP contribution is 2.35. The van der Waals surface area contributed by atoms with Crippen LogP contribution in [0.5, 0.6) is 0 Å². The summed E-state index contributed by atoms with van der Waals surface area (Å²) < 4.78 is 90.6. The third kappa shape index (κ3) is 6.42. The second-order valence-electron chi connectivity index (χ2n) is 9.34. The van der Waals surface area contributed by atoms with Gasteiger partial charge in [-0.3, -0.25) is 9.59 Å². The van der Waals surface area contributed by atoms with E-state index in [2.05, 4.69) is 4.74 Å². The van der Waals surface area contributed by atoms with Gasteiger partial charge < -0.3 is 14.7 Å². The van der Waals surface area contributed by atoms with Crippen molar-refractivity contribution in [3.8, 4) is 0 Å². The van der Waals surface area contributed by atoms with Crippen molar-refractivity contribution in [2.75, 3.05) is 17.1 Å². The molecular weight excluding hydrogens is 594 g/mol. The Hall–Kier alpha value is -5.17. The molecule has 0 radical (unpaired) electrons. The lowest BCUT2D eigenvalue weighted by Gasteiger charge is -2.29. The Morgan fingerprint density at radius 2 is 1.27 bits per heavy atom. The molecule has 4 aromatic carbocycles. The van der Waals surface area contributed by atoms with E-state index in [0.29, 0.717) is 11.1 Å². The number of amides is 2. The molecule has 0 spiro atoms. The quantitative estimate of drug-likeness (QED) is 0.0841. The number of rotatable bonds is 9. The number of hydrogen-bond acceptors (Lipinski definition) is 5. The van der Waals surface area contributed by atoms with E-state index in [0.717, 1.165) is 30.2 Å². The predicted octanol–water partition coefficient (Wildman–Crippen LogP) is 5.84. The second-order valence-corrected chi connectivity index (χ2v) is 9.34. The van der Waals surface area contributed by atoms with E-state index in [1.54, 1.807) is 60.7 Å². The molecule has 1 unspecified atom stereocenters. The lowest BCUT2D eigenvalue weighted by molar-refractivity contribution is -0.126. The number of aliphatic hydroxyl groups excluding tert-OH is 1. The monoisotopic (exact) mass is 616 g/mol. The minimum Gasteiger partial charge on any atom is -0.465 e. The zero-order chi connectivity index (χ0) is 32.1. The van der Waals surface area contributed by atoms with Crippen LogP contribution in [0.4, 0.5) is 37.8 Å². The third-order valence-corrected chi connectivity index (χ3v) is 6.51. The second kappa shape index (κ2) is 13.4. The molecule has 4 rings (SSSR count). The van der Waals surface area contributed by atoms with Crippen LogP contribution in [-0.2, 0) is 22.5 Å². The SMILES string of the molecule is COC(=O)c1ccc(N(F)C(=O)c2c(F)c(F)c(F)c(F)c2F)c(N(Cc2ccccc2)C(=O)C(O)Cc2ccccc2)c1. The fourth-order valence-electron chi connectivity index (χ4n) is 4.30. The molecule has 0 saturated heterocycles. The zero-order valence-corrected chi connectivity index (χ0v) is 22.7. The molecule has 44 heavy (non-hydrogen) atoms. The van der Waals surface area contributed by atoms with Crippen LogP contribution in [0.15, 0.2) is 78.9 Å². The first-order valence-electron chi connectivity index (χ1n) is 12.8. The van der Waals surface area contributed by atoms with Gasteiger partial charge in [0, 0.05) is 6.42 Å². The number of benzene rings is 4. The summed E-state index contributed by atoms with van der Waals surface area (Å²) in [4.78, 5) is 39.8. The van der Waals surface area contributed by atoms with Gasteiger partial charge in [0.25, 0.3) is 11.8 Å². The van der Waals surface area contributed by atoms with Crippen molar-refractivity contribution in [1.82, 2.24) is 0 Å². The van der Waals surface area contributed by atoms with Gasteiger partial charge in [-0.25, -0.2) is 26.7 Å². The van der Waals surface area contributed by atoms with Crippen LogP contribution < -0.4 is 10.0 Å². The number of halogens is 6. The Morgan fingerprint density at radius 1 is 0.750 bits per heavy atom. The minimum absolute atomic E-state index is 0.209. The van der Waals surface area contributed by atoms with E-state index in [-0.39, 0.29) is 18.5 Å². The first-order chi connectivity index (χ1) is 21.0. The van der Waals surface area contributed by atoms with Gasteiger partial charge in [0.05, 0.1) is 24.9 Å². The Kier molecular flexibility index (Phi) is 9.69. The van der Waals surface area contributed by atoms with Crippen LogP contribution in [0.3, 0.4) is 0 Å². The Bertz CT molecular complexity index is 1680. The fraction of sp³-hybridized carbons (Fsp3) is 0.129. The van der Waals surface area contributed by atoms with Crippen molar-refractivity contribution >= 4 is 29.2 Å². The van der Waals surface area contributed by atoms with Crippen molar-refractivity contribution in [1.29, 1.82) is 0 Å². The molecule has 0 aliphatic carbocycles. The normalized spacial score (nSPS) is 11.5. The molecule has 228 valence electrons. The van der Waals surface area contributed by atoms with E-state index in [1.807, 2.05) is 0 Å². The molecule has 0 fully saturated rings. The molecule has 2 amide bonds. The van der Waals surface area contributed by atoms with E-state index < -0.39 is 75.0 Å². The van der Waals surface area contributed by atoms with Gasteiger partial charge in [0.1, 0.15) is 17.4 Å². The van der Waals surface area contributed by atoms with Gasteiger partial charge >= 0.3 is 5.97 Å². The third-order valence-electron chi connectivity index (χ3n) is 6.51. The summed E-state index contributed by atoms with van der Waals surface area (Å²) in [5.74, 6) is -17.0. The van der Waals surface area contributed by atoms with Crippen molar-refractivity contribution in [3.05, 3.63) is 130 Å². The number of esters is 1. The van der Waals surface area contributed by atoms with Crippen molar-refractivity contribution in [3.63, 3.8) is 0 Å². The van der Waals surface area contributed by atoms with Gasteiger partial charge in [-0.15, -0.1) is 5.12 Å². The first-order valence-corrected chi connectivity index (χ1v) is 12.8. The van der Waals surface area contributed by atoms with Crippen molar-refractivity contribution in [2.45, 2.75) is 19.1 Å². The lowest BCUT2D eigenvalue weighted by Crippen LogP contribution is -2.41. The topological polar surface area (TPSA) is 87.2 Å². The predicted molar refractivity (Wildman–Crippen MR) is 146 cm³/mol. The number of nitrogens with zero attached hydrogens (tertiary/aromatic N) is 2. The van der Waals surface area contributed by atoms with Gasteiger partial charge in [-0.05, 0) is 29.3 Å². The highest BCUT2D eigenvalue weighted by atomic mass is 19.2. The maximum absolute atomic E-state index is 15.8. The molecule has 0 aliphatic heterocycles. The molecule has 0 saturated carbocycles. The molecule has 7 nitrogen and oxygen atoms in total. The Labute approximate surface area is 246 Å². The number of hydrogen-bond donors (Lipinski definition) is 1. The molecule has 4 aromatic rings. The molecule has 1 atom stereocenters. The van der Waals surface area contributed by atoms with Gasteiger partial charge in [0.2, 0.25) is 5.82 Å². The van der Waals surface area contributed by atoms with E-state index >= 15 is 4.48 Å². The van der Waals surface area contributed by atoms with Crippen LogP contribution in [0, 0.1) is 29.1 Å². The number of anilines is 2. The molecular formula is C31H22F6N2O5. The molecule has 0 aromatic heterocycles. The Morgan fingerprint density at radius 3 is 1.82 bits per heavy atom. The average Bonchev–Trinajstić information content (AvgIpc) is 3.05. The summed E-state index contributed by atoms with van der Waals surface area (Å²) >= 11 is 0. The summed E-state index contributed by atoms with van der Waals surface area (Å²) in [6, 6.07) is 18.9. The maximum Gasteiger partial charge on any atom is 0.337 e. The van der Waals surface area contributed by atoms with E-state index in [4.69, 9.17) is 0 Å². The van der Waals surface area contributed by atoms with Crippen LogP contribution in [0.25, 0.3) is 0 Å². The molecule has 0 heterocycles. The Balaban J connectivity index is 1.87. The van der Waals surface area contributed by atoms with Gasteiger partial charge in [0.15, 0.2) is 23.3 Å². The van der Waals surface area contributed by atoms with E-state index in [9.17, 15) is 41.4 Å². The molecule has 13 heteroatoms. The van der Waals surface area contributed by atoms with Crippen LogP contribution >= 0.6 is 0 Å². The fourth-order valence-corrected chi connectivity index (χ4v) is 4.30. The van der Waals surface area contributed by atoms with Crippen molar-refractivity contribution in [2.24, 2.45) is 0 Å². The minimum atomic E-state index is -2.56. The average molecular weight is 617 g/mol. The zero-order valence-electron chi connectivity index (χ0n) is 22.7. The molecule has 0 bridgehead atoms. The largest absolute Gasteiger partial charge is 0.465 e. The molecule has 0 aliphatic rings. The first kappa shape index (κ1) is 31.8. The summed E-state index contributed by atoms with van der Waals surface area (Å²) in [6.07, 6.45) is -1.96. The van der Waals surface area contributed by atoms with Crippen LogP contribution in [0.2, 0.25) is 0 Å². The smallest absolute Gasteiger partial charge is 0.337 e. The lowest BCUT2D eigenvalue weighted by atomic mass is 10.0. The number of aliphatic hydroxyl groups is 1. The number of carbonyl (C=O) groups is 3. The molecule has 1 N–H and O–H groups in total. The highest BCUT2D eigenvalue weighted by molar-refractivity contribution is 6.09. The summed E-state index contributed by atoms with van der Waals surface area (Å²) in [5.41, 5.74) is -2.90. The summed E-state index contributed by atoms with van der Waals surface area (Å²) in [5, 5.41) is 9.98. The van der Waals surface area contributed by atoms with Crippen molar-refractivity contribution < 1.29 is 50.7 Å². The van der Waals surface area contributed by atoms with Gasteiger partial charge in [-0.2, -0.15) is 0 Å². The van der Waals surface area contributed by atoms with Gasteiger partial charge in [-0.1, -0.05) is 65.1 Å². The standard InChI is InChI=1S/C31H22F6N2O5/c1-44-31(43)19-12-13-20(39(37)30(42)23-24(32)26(34)28(36)27(35)25(23)33)21(15-19)38(16-18-10-6-3-7-11-18)29(41)22(40)14-17-8-4-2-5-9-17/h2-13,15,22,40H,14,16H2,1H3. The van der Waals surface area contributed by atoms with Crippen LogP contribution in [0.1, 0.15) is 31.8 Å². The number of ether oxygens (including phenoxy) is 1. The summed E-state index contributed by atoms with van der Waals surface area (Å²) in [6.45, 7) is -0.381. The number of carbonyl (C=O) groups excluding carboxylic acids is 3. The number of methoxy groups -OCH3 is 1. The summed E-state index contributed by atoms with van der Waals surface area (Å²) in [7, 11) is 1.03. The van der Waals surface area contributed by atoms with E-state index in [1.165, 1.54) is 0 Å². The van der Waals surface area contributed by atoms with Crippen LogP contribution in [-0.4, -0.2) is 36.1 Å². The highest BCUT2D eigenvalue weighted by Gasteiger charge is 2.36.